The Hall–Kier alpha value is -4.17. The molecule has 0 bridgehead atoms. The molecule has 0 aliphatic heterocycles. The predicted octanol–water partition coefficient (Wildman–Crippen LogP) is 4.43. The highest BCUT2D eigenvalue weighted by atomic mass is 17.2. The van der Waals surface area contributed by atoms with Crippen LogP contribution < -0.4 is 9.62 Å². The number of carboxylic acid groups (broad SMARTS) is 2. The van der Waals surface area contributed by atoms with Gasteiger partial charge in [-0.3, -0.25) is 0 Å². The van der Waals surface area contributed by atoms with Crippen LogP contribution in [0.25, 0.3) is 0 Å². The van der Waals surface area contributed by atoms with Crippen LogP contribution in [0.15, 0.2) is 60.7 Å². The average Bonchev–Trinajstić information content (AvgIpc) is 2.74. The van der Waals surface area contributed by atoms with Crippen molar-refractivity contribution in [3.05, 3.63) is 94.0 Å². The molecule has 3 aromatic rings. The molecule has 0 amide bonds. The van der Waals surface area contributed by atoms with E-state index in [0.717, 1.165) is 11.1 Å². The second-order valence-corrected chi connectivity index (χ2v) is 7.03. The summed E-state index contributed by atoms with van der Waals surface area (Å²) in [5.41, 5.74) is 2.01. The number of benzene rings is 3. The zero-order valence-corrected chi connectivity index (χ0v) is 17.3. The maximum absolute atomic E-state index is 12.4. The zero-order chi connectivity index (χ0) is 23.3. The summed E-state index contributed by atoms with van der Waals surface area (Å²) in [5.74, 6) is -2.59. The van der Waals surface area contributed by atoms with Crippen molar-refractivity contribution in [1.82, 2.24) is 0 Å². The summed E-state index contributed by atoms with van der Waals surface area (Å²) in [7, 11) is 0. The lowest BCUT2D eigenvalue weighted by Crippen LogP contribution is -2.14. The molecule has 2 N–H and O–H groups in total. The van der Waals surface area contributed by atoms with Gasteiger partial charge in [0.25, 0.3) is 0 Å². The van der Waals surface area contributed by atoms with Crippen molar-refractivity contribution in [3.8, 4) is 11.5 Å². The number of esters is 1. The van der Waals surface area contributed by atoms with Crippen LogP contribution >= 0.6 is 0 Å². The SMILES string of the molecule is Cc1ccc(C(=O)O)c(COOc2ccc(OC(=O)c3cc(C)ccc3C(=O)O)cc2)c1. The number of aromatic carboxylic acids is 2. The standard InChI is InChI=1S/C24H20O8/c1-14-3-9-19(22(25)26)16(11-14)13-30-32-18-7-5-17(6-8-18)31-24(29)21-12-15(2)4-10-20(21)23(27)28/h3-12H,13H2,1-2H3,(H,25,26)(H,27,28). The second kappa shape index (κ2) is 9.76. The predicted molar refractivity (Wildman–Crippen MR) is 113 cm³/mol. The van der Waals surface area contributed by atoms with Crippen LogP contribution in [0, 0.1) is 13.8 Å². The third-order valence-corrected chi connectivity index (χ3v) is 4.52. The molecule has 3 rings (SSSR count). The molecule has 0 spiro atoms. The van der Waals surface area contributed by atoms with E-state index in [1.807, 2.05) is 6.92 Å². The molecule has 0 aliphatic rings. The largest absolute Gasteiger partial charge is 0.478 e. The van der Waals surface area contributed by atoms with Crippen LogP contribution in [0.1, 0.15) is 47.8 Å². The van der Waals surface area contributed by atoms with E-state index in [2.05, 4.69) is 0 Å². The summed E-state index contributed by atoms with van der Waals surface area (Å²) >= 11 is 0. The van der Waals surface area contributed by atoms with Crippen molar-refractivity contribution in [3.63, 3.8) is 0 Å². The van der Waals surface area contributed by atoms with Gasteiger partial charge in [-0.2, -0.15) is 4.89 Å². The zero-order valence-electron chi connectivity index (χ0n) is 17.3. The number of aryl methyl sites for hydroxylation is 2. The summed E-state index contributed by atoms with van der Waals surface area (Å²) in [5, 5.41) is 18.5. The molecule has 32 heavy (non-hydrogen) atoms. The van der Waals surface area contributed by atoms with Gasteiger partial charge in [-0.05, 0) is 61.9 Å². The highest BCUT2D eigenvalue weighted by Crippen LogP contribution is 2.21. The number of carboxylic acids is 2. The van der Waals surface area contributed by atoms with E-state index in [4.69, 9.17) is 14.5 Å². The minimum absolute atomic E-state index is 0.0476. The van der Waals surface area contributed by atoms with Crippen LogP contribution in [-0.2, 0) is 11.5 Å². The maximum Gasteiger partial charge on any atom is 0.344 e. The summed E-state index contributed by atoms with van der Waals surface area (Å²) < 4.78 is 5.27. The topological polar surface area (TPSA) is 119 Å². The molecular weight excluding hydrogens is 416 g/mol. The van der Waals surface area contributed by atoms with Gasteiger partial charge in [0, 0.05) is 0 Å². The number of hydrogen-bond acceptors (Lipinski definition) is 6. The first kappa shape index (κ1) is 22.5. The van der Waals surface area contributed by atoms with Gasteiger partial charge in [0.2, 0.25) is 0 Å². The molecule has 0 saturated heterocycles. The summed E-state index contributed by atoms with van der Waals surface area (Å²) in [4.78, 5) is 45.4. The fourth-order valence-electron chi connectivity index (χ4n) is 2.95. The van der Waals surface area contributed by atoms with E-state index in [9.17, 15) is 24.6 Å². The average molecular weight is 436 g/mol. The molecule has 0 fully saturated rings. The lowest BCUT2D eigenvalue weighted by molar-refractivity contribution is -0.217. The lowest BCUT2D eigenvalue weighted by atomic mass is 10.0. The first-order valence-electron chi connectivity index (χ1n) is 9.53. The van der Waals surface area contributed by atoms with Crippen LogP contribution in [0.5, 0.6) is 11.5 Å². The Kier molecular flexibility index (Phi) is 6.87. The third kappa shape index (κ3) is 5.50. The van der Waals surface area contributed by atoms with E-state index in [0.29, 0.717) is 11.3 Å². The van der Waals surface area contributed by atoms with Crippen LogP contribution in [-0.4, -0.2) is 28.1 Å². The Balaban J connectivity index is 1.62. The number of ether oxygens (including phenoxy) is 1. The van der Waals surface area contributed by atoms with Gasteiger partial charge < -0.3 is 19.8 Å². The van der Waals surface area contributed by atoms with Gasteiger partial charge in [-0.1, -0.05) is 29.3 Å². The van der Waals surface area contributed by atoms with E-state index in [1.54, 1.807) is 25.1 Å². The normalized spacial score (nSPS) is 10.4. The number of carbonyl (C=O) groups is 3. The molecule has 0 unspecified atom stereocenters. The van der Waals surface area contributed by atoms with Crippen LogP contribution in [0.3, 0.4) is 0 Å². The fraction of sp³-hybridized carbons (Fsp3) is 0.125. The van der Waals surface area contributed by atoms with Crippen molar-refractivity contribution in [2.24, 2.45) is 0 Å². The number of carbonyl (C=O) groups excluding carboxylic acids is 1. The summed E-state index contributed by atoms with van der Waals surface area (Å²) in [6.45, 7) is 3.50. The van der Waals surface area contributed by atoms with Crippen molar-refractivity contribution < 1.29 is 39.1 Å². The molecule has 0 heterocycles. The van der Waals surface area contributed by atoms with Crippen molar-refractivity contribution in [1.29, 1.82) is 0 Å². The van der Waals surface area contributed by atoms with E-state index < -0.39 is 17.9 Å². The Morgan fingerprint density at radius 3 is 1.91 bits per heavy atom. The smallest absolute Gasteiger partial charge is 0.344 e. The van der Waals surface area contributed by atoms with Crippen molar-refractivity contribution in [2.45, 2.75) is 20.5 Å². The molecule has 0 aromatic heterocycles. The second-order valence-electron chi connectivity index (χ2n) is 7.03. The van der Waals surface area contributed by atoms with Crippen LogP contribution in [0.2, 0.25) is 0 Å². The van der Waals surface area contributed by atoms with Gasteiger partial charge in [-0.15, -0.1) is 0 Å². The maximum atomic E-state index is 12.4. The highest BCUT2D eigenvalue weighted by Gasteiger charge is 2.18. The molecule has 164 valence electrons. The number of rotatable bonds is 8. The Morgan fingerprint density at radius 2 is 1.28 bits per heavy atom. The van der Waals surface area contributed by atoms with E-state index >= 15 is 0 Å². The van der Waals surface area contributed by atoms with Gasteiger partial charge in [0.15, 0.2) is 5.75 Å². The number of hydrogen-bond donors (Lipinski definition) is 2. The van der Waals surface area contributed by atoms with Gasteiger partial charge in [0.1, 0.15) is 12.4 Å². The molecule has 8 nitrogen and oxygen atoms in total. The van der Waals surface area contributed by atoms with E-state index in [1.165, 1.54) is 42.5 Å². The summed E-state index contributed by atoms with van der Waals surface area (Å²) in [6.07, 6.45) is 0. The third-order valence-electron chi connectivity index (χ3n) is 4.52. The Morgan fingerprint density at radius 1 is 0.719 bits per heavy atom. The van der Waals surface area contributed by atoms with Gasteiger partial charge >= 0.3 is 17.9 Å². The summed E-state index contributed by atoms with van der Waals surface area (Å²) in [6, 6.07) is 15.2. The Labute approximate surface area is 183 Å². The Bertz CT molecular complexity index is 1170. The minimum Gasteiger partial charge on any atom is -0.478 e. The highest BCUT2D eigenvalue weighted by molar-refractivity contribution is 6.03. The first-order valence-corrected chi connectivity index (χ1v) is 9.53. The molecule has 0 radical (unpaired) electrons. The molecular formula is C24H20O8. The molecule has 0 aliphatic carbocycles. The molecule has 8 heteroatoms. The van der Waals surface area contributed by atoms with Crippen LogP contribution in [0.4, 0.5) is 0 Å². The van der Waals surface area contributed by atoms with Gasteiger partial charge in [0.05, 0.1) is 16.7 Å². The molecule has 0 atom stereocenters. The lowest BCUT2D eigenvalue weighted by Gasteiger charge is -2.10. The molecule has 3 aromatic carbocycles. The minimum atomic E-state index is -1.22. The quantitative estimate of drug-likeness (QED) is 0.230. The monoisotopic (exact) mass is 436 g/mol. The van der Waals surface area contributed by atoms with Crippen molar-refractivity contribution >= 4 is 17.9 Å². The van der Waals surface area contributed by atoms with Crippen molar-refractivity contribution in [2.75, 3.05) is 0 Å². The van der Waals surface area contributed by atoms with Gasteiger partial charge in [-0.25, -0.2) is 14.4 Å². The first-order chi connectivity index (χ1) is 15.2. The molecule has 0 saturated carbocycles. The fourth-order valence-corrected chi connectivity index (χ4v) is 2.95. The van der Waals surface area contributed by atoms with E-state index in [-0.39, 0.29) is 29.0 Å².